The van der Waals surface area contributed by atoms with Crippen molar-refractivity contribution >= 4 is 17.7 Å². The number of hydrogen-bond donors (Lipinski definition) is 0. The molecule has 138 valence electrons. The zero-order valence-electron chi connectivity index (χ0n) is 15.4. The summed E-state index contributed by atoms with van der Waals surface area (Å²) >= 11 is 1.71. The summed E-state index contributed by atoms with van der Waals surface area (Å²) in [6.07, 6.45) is 2.48. The third-order valence-electron chi connectivity index (χ3n) is 4.93. The average Bonchev–Trinajstić information content (AvgIpc) is 3.30. The molecule has 1 aliphatic heterocycles. The Labute approximate surface area is 162 Å². The molecule has 4 rings (SSSR count). The van der Waals surface area contributed by atoms with Crippen LogP contribution in [0.2, 0.25) is 0 Å². The highest BCUT2D eigenvalue weighted by molar-refractivity contribution is 7.98. The zero-order valence-corrected chi connectivity index (χ0v) is 16.2. The molecule has 0 aliphatic carbocycles. The van der Waals surface area contributed by atoms with Crippen molar-refractivity contribution in [2.45, 2.75) is 30.7 Å². The Bertz CT molecular complexity index is 952. The number of nitrogens with zero attached hydrogens (tertiary/aromatic N) is 3. The van der Waals surface area contributed by atoms with Gasteiger partial charge in [-0.1, -0.05) is 35.5 Å². The fraction of sp³-hybridized carbons (Fsp3) is 0.286. The van der Waals surface area contributed by atoms with Crippen molar-refractivity contribution in [3.05, 3.63) is 65.5 Å². The lowest BCUT2D eigenvalue weighted by Crippen LogP contribution is -2.24. The topological polar surface area (TPSA) is 59.2 Å². The first-order valence-electron chi connectivity index (χ1n) is 8.94. The van der Waals surface area contributed by atoms with Gasteiger partial charge in [-0.3, -0.25) is 4.79 Å². The minimum Gasteiger partial charge on any atom is -0.338 e. The van der Waals surface area contributed by atoms with Crippen LogP contribution < -0.4 is 0 Å². The zero-order chi connectivity index (χ0) is 18.8. The van der Waals surface area contributed by atoms with Crippen molar-refractivity contribution in [1.82, 2.24) is 15.0 Å². The number of thioether (sulfide) groups is 1. The highest BCUT2D eigenvalue weighted by Gasteiger charge is 2.33. The summed E-state index contributed by atoms with van der Waals surface area (Å²) in [7, 11) is 0. The van der Waals surface area contributed by atoms with E-state index in [4.69, 9.17) is 4.52 Å². The van der Waals surface area contributed by atoms with E-state index in [-0.39, 0.29) is 11.8 Å². The van der Waals surface area contributed by atoms with Gasteiger partial charge in [-0.05, 0) is 42.5 Å². The van der Waals surface area contributed by atoms with Crippen LogP contribution in [0.15, 0.2) is 57.9 Å². The molecule has 5 nitrogen and oxygen atoms in total. The molecule has 0 radical (unpaired) electrons. The van der Waals surface area contributed by atoms with E-state index in [1.807, 2.05) is 36.1 Å². The number of aromatic nitrogens is 2. The molecule has 0 bridgehead atoms. The van der Waals surface area contributed by atoms with Crippen LogP contribution in [0, 0.1) is 6.92 Å². The molecule has 3 aromatic rings. The van der Waals surface area contributed by atoms with Gasteiger partial charge in [0.1, 0.15) is 0 Å². The lowest BCUT2D eigenvalue weighted by Gasteiger charge is -2.16. The highest BCUT2D eigenvalue weighted by Crippen LogP contribution is 2.30. The first kappa shape index (κ1) is 17.8. The van der Waals surface area contributed by atoms with Crippen LogP contribution in [-0.2, 0) is 11.3 Å². The van der Waals surface area contributed by atoms with E-state index in [0.717, 1.165) is 16.7 Å². The van der Waals surface area contributed by atoms with Gasteiger partial charge in [0.05, 0.1) is 0 Å². The normalized spacial score (nSPS) is 16.9. The van der Waals surface area contributed by atoms with Crippen LogP contribution in [0.3, 0.4) is 0 Å². The molecule has 1 saturated heterocycles. The van der Waals surface area contributed by atoms with E-state index in [2.05, 4.69) is 40.7 Å². The number of carbonyl (C=O) groups excluding carboxylic acids is 1. The smallest absolute Gasteiger partial charge is 0.258 e. The van der Waals surface area contributed by atoms with Crippen LogP contribution >= 0.6 is 11.8 Å². The quantitative estimate of drug-likeness (QED) is 0.619. The van der Waals surface area contributed by atoms with E-state index in [9.17, 15) is 4.79 Å². The number of aryl methyl sites for hydroxylation is 1. The summed E-state index contributed by atoms with van der Waals surface area (Å²) < 4.78 is 5.46. The Balaban J connectivity index is 1.47. The molecule has 1 unspecified atom stereocenters. The molecule has 1 aromatic heterocycles. The van der Waals surface area contributed by atoms with Gasteiger partial charge in [0.2, 0.25) is 5.91 Å². The van der Waals surface area contributed by atoms with Crippen LogP contribution in [-0.4, -0.2) is 33.7 Å². The van der Waals surface area contributed by atoms with Gasteiger partial charge in [-0.2, -0.15) is 4.98 Å². The Morgan fingerprint density at radius 3 is 2.70 bits per heavy atom. The molecule has 0 N–H and O–H groups in total. The first-order valence-corrected chi connectivity index (χ1v) is 10.2. The van der Waals surface area contributed by atoms with Crippen molar-refractivity contribution in [2.75, 3.05) is 12.8 Å². The standard InChI is InChI=1S/C21H21N3O2S/c1-14-5-3-4-6-18(14)21-22-20(23-26-21)16-11-19(25)24(13-16)12-15-7-9-17(27-2)10-8-15/h3-10,16H,11-13H2,1-2H3. The second-order valence-corrected chi connectivity index (χ2v) is 7.68. The summed E-state index contributed by atoms with van der Waals surface area (Å²) in [5, 5.41) is 4.15. The molecule has 1 amide bonds. The fourth-order valence-electron chi connectivity index (χ4n) is 3.37. The highest BCUT2D eigenvalue weighted by atomic mass is 32.2. The van der Waals surface area contributed by atoms with Gasteiger partial charge in [0, 0.05) is 35.9 Å². The number of rotatable bonds is 5. The van der Waals surface area contributed by atoms with Gasteiger partial charge in [-0.15, -0.1) is 11.8 Å². The Kier molecular flexibility index (Phi) is 4.99. The molecule has 1 atom stereocenters. The number of benzene rings is 2. The van der Waals surface area contributed by atoms with E-state index in [1.54, 1.807) is 11.8 Å². The van der Waals surface area contributed by atoms with Gasteiger partial charge in [0.25, 0.3) is 5.89 Å². The monoisotopic (exact) mass is 379 g/mol. The van der Waals surface area contributed by atoms with Crippen molar-refractivity contribution in [2.24, 2.45) is 0 Å². The molecule has 2 aromatic carbocycles. The molecule has 2 heterocycles. The molecular weight excluding hydrogens is 358 g/mol. The van der Waals surface area contributed by atoms with Gasteiger partial charge < -0.3 is 9.42 Å². The second kappa shape index (κ2) is 7.56. The largest absolute Gasteiger partial charge is 0.338 e. The Morgan fingerprint density at radius 2 is 1.96 bits per heavy atom. The maximum atomic E-state index is 12.5. The van der Waals surface area contributed by atoms with E-state index in [0.29, 0.717) is 31.2 Å². The number of amides is 1. The Hall–Kier alpha value is -2.60. The number of likely N-dealkylation sites (tertiary alicyclic amines) is 1. The predicted molar refractivity (Wildman–Crippen MR) is 105 cm³/mol. The molecule has 0 saturated carbocycles. The summed E-state index contributed by atoms with van der Waals surface area (Å²) in [6, 6.07) is 16.3. The lowest BCUT2D eigenvalue weighted by molar-refractivity contribution is -0.128. The van der Waals surface area contributed by atoms with Crippen LogP contribution in [0.1, 0.15) is 29.3 Å². The number of hydrogen-bond acceptors (Lipinski definition) is 5. The van der Waals surface area contributed by atoms with Crippen molar-refractivity contribution in [3.8, 4) is 11.5 Å². The Morgan fingerprint density at radius 1 is 1.19 bits per heavy atom. The molecule has 1 aliphatic rings. The summed E-state index contributed by atoms with van der Waals surface area (Å²) in [4.78, 5) is 20.1. The maximum absolute atomic E-state index is 12.5. The maximum Gasteiger partial charge on any atom is 0.258 e. The summed E-state index contributed by atoms with van der Waals surface area (Å²) in [5.74, 6) is 1.24. The molecular formula is C21H21N3O2S. The van der Waals surface area contributed by atoms with Gasteiger partial charge >= 0.3 is 0 Å². The summed E-state index contributed by atoms with van der Waals surface area (Å²) in [5.41, 5.74) is 3.16. The third kappa shape index (κ3) is 3.76. The van der Waals surface area contributed by atoms with Crippen molar-refractivity contribution in [3.63, 3.8) is 0 Å². The molecule has 6 heteroatoms. The lowest BCUT2D eigenvalue weighted by atomic mass is 10.1. The molecule has 27 heavy (non-hydrogen) atoms. The van der Waals surface area contributed by atoms with Crippen molar-refractivity contribution in [1.29, 1.82) is 0 Å². The minimum absolute atomic E-state index is 0.0236. The first-order chi connectivity index (χ1) is 13.1. The SMILES string of the molecule is CSc1ccc(CN2CC(c3noc(-c4ccccc4C)n3)CC2=O)cc1. The molecule has 1 fully saturated rings. The van der Waals surface area contributed by atoms with Gasteiger partial charge in [-0.25, -0.2) is 0 Å². The second-order valence-electron chi connectivity index (χ2n) is 6.80. The van der Waals surface area contributed by atoms with Crippen LogP contribution in [0.5, 0.6) is 0 Å². The molecule has 0 spiro atoms. The van der Waals surface area contributed by atoms with Crippen LogP contribution in [0.4, 0.5) is 0 Å². The third-order valence-corrected chi connectivity index (χ3v) is 5.67. The van der Waals surface area contributed by atoms with Gasteiger partial charge in [0.15, 0.2) is 5.82 Å². The minimum atomic E-state index is -0.0236. The average molecular weight is 379 g/mol. The predicted octanol–water partition coefficient (Wildman–Crippen LogP) is 4.28. The van der Waals surface area contributed by atoms with E-state index >= 15 is 0 Å². The van der Waals surface area contributed by atoms with Crippen molar-refractivity contribution < 1.29 is 9.32 Å². The fourth-order valence-corrected chi connectivity index (χ4v) is 3.78. The van der Waals surface area contributed by atoms with E-state index < -0.39 is 0 Å². The van der Waals surface area contributed by atoms with E-state index in [1.165, 1.54) is 4.90 Å². The summed E-state index contributed by atoms with van der Waals surface area (Å²) in [6.45, 7) is 3.25. The number of carbonyl (C=O) groups is 1. The van der Waals surface area contributed by atoms with Crippen LogP contribution in [0.25, 0.3) is 11.5 Å².